The number of ether oxygens (including phenoxy) is 9. The Labute approximate surface area is 378 Å². The number of allylic oxidation sites excluding steroid dienone is 3. The number of hydrogen-bond donors (Lipinski definition) is 5. The monoisotopic (exact) mass is 916 g/mol. The van der Waals surface area contributed by atoms with Crippen LogP contribution >= 0.6 is 0 Å². The van der Waals surface area contributed by atoms with Crippen LogP contribution in [0.4, 0.5) is 0 Å². The standard InChI is InChI=1S/C46H77NO17/c1-13-33-30(22-58-45-42(57-12)41(56-11)37(52)26(5)60-45)18-23(2)14-15-31(49)24(3)19-29(16-17-48)39(25(4)32(50)20-34(51)62-33)64-44-38(53)36(47(9)10)40(27(6)61-44)63-35-21-46(8,55)43(54)28(7)59-35/h14-15,17-18,24-30,32-33,35-45,50,52-55H,13,16,19-22H2,1-12H3/b15-14-,23-18+/t24-,25+,26-,27-,28+,29+,30-,32-,33-,35+,36-,37-,38-,39-,40-,41-,42-,43+,44+,45-,46-/m1/s1. The molecule has 0 aromatic heterocycles. The molecule has 0 aromatic carbocycles. The zero-order valence-electron chi connectivity index (χ0n) is 39.7. The van der Waals surface area contributed by atoms with E-state index in [9.17, 15) is 39.9 Å². The number of nitrogens with zero attached hydrogens (tertiary/aromatic N) is 1. The van der Waals surface area contributed by atoms with Crippen LogP contribution in [0.5, 0.6) is 0 Å². The topological polar surface area (TPSA) is 239 Å². The highest BCUT2D eigenvalue weighted by Crippen LogP contribution is 2.37. The second kappa shape index (κ2) is 24.1. The lowest BCUT2D eigenvalue weighted by Gasteiger charge is -2.50. The van der Waals surface area contributed by atoms with Gasteiger partial charge in [-0.05, 0) is 73.5 Å². The van der Waals surface area contributed by atoms with E-state index in [1.54, 1.807) is 59.7 Å². The molecule has 3 saturated heterocycles. The van der Waals surface area contributed by atoms with E-state index in [-0.39, 0.29) is 31.7 Å². The van der Waals surface area contributed by atoms with Gasteiger partial charge in [-0.3, -0.25) is 9.59 Å². The summed E-state index contributed by atoms with van der Waals surface area (Å²) in [7, 11) is 6.43. The van der Waals surface area contributed by atoms with Gasteiger partial charge in [-0.15, -0.1) is 0 Å². The van der Waals surface area contributed by atoms with Crippen molar-refractivity contribution in [2.24, 2.45) is 23.7 Å². The fourth-order valence-electron chi connectivity index (χ4n) is 9.51. The van der Waals surface area contributed by atoms with Crippen molar-refractivity contribution in [2.75, 3.05) is 34.9 Å². The Bertz CT molecular complexity index is 1560. The molecule has 368 valence electrons. The second-order valence-electron chi connectivity index (χ2n) is 18.7. The molecule has 0 aliphatic carbocycles. The minimum Gasteiger partial charge on any atom is -0.462 e. The van der Waals surface area contributed by atoms with Gasteiger partial charge in [0.1, 0.15) is 49.0 Å². The summed E-state index contributed by atoms with van der Waals surface area (Å²) < 4.78 is 54.7. The summed E-state index contributed by atoms with van der Waals surface area (Å²) in [4.78, 5) is 41.5. The van der Waals surface area contributed by atoms with Crippen molar-refractivity contribution in [1.82, 2.24) is 4.90 Å². The molecule has 21 atom stereocenters. The third-order valence-electron chi connectivity index (χ3n) is 13.4. The highest BCUT2D eigenvalue weighted by molar-refractivity contribution is 5.91. The molecule has 4 aliphatic heterocycles. The van der Waals surface area contributed by atoms with E-state index in [2.05, 4.69) is 0 Å². The maximum absolute atomic E-state index is 13.8. The number of hydrogen-bond acceptors (Lipinski definition) is 18. The predicted octanol–water partition coefficient (Wildman–Crippen LogP) is 1.83. The lowest BCUT2D eigenvalue weighted by molar-refractivity contribution is -0.341. The molecule has 4 aliphatic rings. The highest BCUT2D eigenvalue weighted by Gasteiger charge is 2.52. The van der Waals surface area contributed by atoms with Crippen LogP contribution in [0.3, 0.4) is 0 Å². The zero-order valence-corrected chi connectivity index (χ0v) is 39.7. The Morgan fingerprint density at radius 2 is 1.52 bits per heavy atom. The van der Waals surface area contributed by atoms with Gasteiger partial charge in [0.25, 0.3) is 0 Å². The number of carbonyl (C=O) groups excluding carboxylic acids is 3. The van der Waals surface area contributed by atoms with Crippen molar-refractivity contribution in [3.63, 3.8) is 0 Å². The maximum Gasteiger partial charge on any atom is 0.308 e. The molecule has 4 heterocycles. The van der Waals surface area contributed by atoms with E-state index in [1.165, 1.54) is 27.2 Å². The van der Waals surface area contributed by atoms with E-state index < -0.39 is 140 Å². The molecule has 18 heteroatoms. The molecule has 0 radical (unpaired) electrons. The average Bonchev–Trinajstić information content (AvgIpc) is 3.23. The number of aldehydes is 1. The Hall–Kier alpha value is -2.27. The third-order valence-corrected chi connectivity index (χ3v) is 13.4. The SMILES string of the molecule is CC[C@H]1OC(=O)C[C@@H](O)[C@H](C)[C@@H](O[C@@H]2O[C@H](C)[C@@H](O[C@H]3C[C@@](C)(O)[C@@H](O)[C@H](C)O3)[C@H](N(C)C)[C@H]2O)[C@@H](CC=O)C[C@@H](C)C(=O)/C=C\C(C)=C\[C@@H]1CO[C@@H]1O[C@H](C)[C@@H](O)[C@@H](OC)[C@H]1OC. The first-order valence-electron chi connectivity index (χ1n) is 22.7. The number of esters is 1. The first kappa shape index (κ1) is 54.3. The van der Waals surface area contributed by atoms with Gasteiger partial charge in [0, 0.05) is 44.8 Å². The first-order chi connectivity index (χ1) is 30.1. The van der Waals surface area contributed by atoms with Crippen molar-refractivity contribution >= 4 is 18.0 Å². The van der Waals surface area contributed by atoms with E-state index in [0.717, 1.165) is 6.29 Å². The Balaban J connectivity index is 1.62. The number of methoxy groups -OCH3 is 2. The molecule has 4 rings (SSSR count). The van der Waals surface area contributed by atoms with Crippen LogP contribution in [0, 0.1) is 23.7 Å². The number of cyclic esters (lactones) is 1. The summed E-state index contributed by atoms with van der Waals surface area (Å²) >= 11 is 0. The molecule has 3 fully saturated rings. The van der Waals surface area contributed by atoms with Crippen molar-refractivity contribution in [3.8, 4) is 0 Å². The Morgan fingerprint density at radius 1 is 0.859 bits per heavy atom. The fraction of sp³-hybridized carbons (Fsp3) is 0.848. The van der Waals surface area contributed by atoms with Crippen molar-refractivity contribution < 1.29 is 82.5 Å². The number of aliphatic hydroxyl groups excluding tert-OH is 4. The van der Waals surface area contributed by atoms with Crippen LogP contribution in [0.25, 0.3) is 0 Å². The molecular formula is C46H77NO17. The summed E-state index contributed by atoms with van der Waals surface area (Å²) in [5.74, 6) is -3.59. The minimum atomic E-state index is -1.49. The summed E-state index contributed by atoms with van der Waals surface area (Å²) in [5.41, 5.74) is -0.806. The van der Waals surface area contributed by atoms with Gasteiger partial charge in [-0.25, -0.2) is 0 Å². The molecule has 0 saturated carbocycles. The normalized spacial score (nSPS) is 45.9. The van der Waals surface area contributed by atoms with E-state index >= 15 is 0 Å². The van der Waals surface area contributed by atoms with Gasteiger partial charge >= 0.3 is 5.97 Å². The fourth-order valence-corrected chi connectivity index (χ4v) is 9.51. The van der Waals surface area contributed by atoms with Gasteiger partial charge in [0.15, 0.2) is 24.7 Å². The van der Waals surface area contributed by atoms with Crippen LogP contribution in [-0.2, 0) is 57.0 Å². The molecule has 0 spiro atoms. The number of rotatable bonds is 13. The van der Waals surface area contributed by atoms with Crippen LogP contribution in [0.1, 0.15) is 87.5 Å². The van der Waals surface area contributed by atoms with Crippen LogP contribution in [0.15, 0.2) is 23.8 Å². The largest absolute Gasteiger partial charge is 0.462 e. The van der Waals surface area contributed by atoms with Crippen LogP contribution in [-0.4, -0.2) is 187 Å². The van der Waals surface area contributed by atoms with E-state index in [0.29, 0.717) is 12.0 Å². The van der Waals surface area contributed by atoms with Gasteiger partial charge in [0.05, 0.1) is 55.2 Å². The Morgan fingerprint density at radius 3 is 2.11 bits per heavy atom. The van der Waals surface area contributed by atoms with Gasteiger partial charge in [0.2, 0.25) is 0 Å². The maximum atomic E-state index is 13.8. The number of aliphatic hydroxyl groups is 5. The van der Waals surface area contributed by atoms with Gasteiger partial charge in [-0.1, -0.05) is 38.5 Å². The number of ketones is 1. The summed E-state index contributed by atoms with van der Waals surface area (Å²) in [6.07, 6.45) is -8.49. The van der Waals surface area contributed by atoms with E-state index in [1.807, 2.05) is 19.9 Å². The predicted molar refractivity (Wildman–Crippen MR) is 230 cm³/mol. The second-order valence-corrected chi connectivity index (χ2v) is 18.7. The summed E-state index contributed by atoms with van der Waals surface area (Å²) in [5, 5.41) is 55.8. The molecular weight excluding hydrogens is 838 g/mol. The number of carbonyl (C=O) groups is 3. The first-order valence-corrected chi connectivity index (χ1v) is 22.7. The van der Waals surface area contributed by atoms with Crippen molar-refractivity contribution in [3.05, 3.63) is 23.8 Å². The lowest BCUT2D eigenvalue weighted by Crippen LogP contribution is -2.65. The molecule has 0 unspecified atom stereocenters. The van der Waals surface area contributed by atoms with Crippen molar-refractivity contribution in [2.45, 2.75) is 191 Å². The molecule has 0 aromatic rings. The molecule has 64 heavy (non-hydrogen) atoms. The van der Waals surface area contributed by atoms with Gasteiger partial charge < -0.3 is 77.9 Å². The van der Waals surface area contributed by atoms with E-state index in [4.69, 9.17) is 42.6 Å². The van der Waals surface area contributed by atoms with Crippen LogP contribution in [0.2, 0.25) is 0 Å². The Kier molecular flexibility index (Phi) is 20.5. The zero-order chi connectivity index (χ0) is 47.8. The molecule has 0 bridgehead atoms. The molecule has 18 nitrogen and oxygen atoms in total. The smallest absolute Gasteiger partial charge is 0.308 e. The number of likely N-dealkylation sites (N-methyl/N-ethyl adjacent to an activating group) is 1. The summed E-state index contributed by atoms with van der Waals surface area (Å²) in [6, 6.07) is -0.748. The lowest BCUT2D eigenvalue weighted by atomic mass is 9.79. The summed E-state index contributed by atoms with van der Waals surface area (Å²) in [6.45, 7) is 13.6. The third kappa shape index (κ3) is 13.5. The average molecular weight is 916 g/mol. The quantitative estimate of drug-likeness (QED) is 0.131. The highest BCUT2D eigenvalue weighted by atomic mass is 16.7. The van der Waals surface area contributed by atoms with Crippen LogP contribution < -0.4 is 0 Å². The molecule has 5 N–H and O–H groups in total. The van der Waals surface area contributed by atoms with Crippen molar-refractivity contribution in [1.29, 1.82) is 0 Å². The van der Waals surface area contributed by atoms with Gasteiger partial charge in [-0.2, -0.15) is 0 Å². The molecule has 0 amide bonds. The minimum absolute atomic E-state index is 0.00788.